The lowest BCUT2D eigenvalue weighted by atomic mass is 9.65. The number of hydrogen-bond donors (Lipinski definition) is 0. The molecule has 10 aromatic carbocycles. The number of para-hydroxylation sites is 2. The molecule has 1 heterocycles. The molecule has 11 aromatic rings. The second kappa shape index (κ2) is 14.8. The van der Waals surface area contributed by atoms with E-state index in [0.717, 1.165) is 22.7 Å². The molecular formula is C65H44N2. The normalized spacial score (nSPS) is 17.5. The van der Waals surface area contributed by atoms with E-state index < -0.39 is 0 Å². The van der Waals surface area contributed by atoms with Crippen molar-refractivity contribution in [1.29, 1.82) is 0 Å². The minimum atomic E-state index is -0.348. The highest BCUT2D eigenvalue weighted by molar-refractivity contribution is 6.16. The van der Waals surface area contributed by atoms with Gasteiger partial charge in [-0.15, -0.1) is 0 Å². The minimum absolute atomic E-state index is 0.244. The van der Waals surface area contributed by atoms with E-state index in [0.29, 0.717) is 5.92 Å². The zero-order valence-corrected chi connectivity index (χ0v) is 36.8. The fourth-order valence-electron chi connectivity index (χ4n) is 12.4. The molecule has 0 bridgehead atoms. The summed E-state index contributed by atoms with van der Waals surface area (Å²) in [6, 6.07) is 85.7. The van der Waals surface area contributed by atoms with Gasteiger partial charge < -0.3 is 9.47 Å². The van der Waals surface area contributed by atoms with Gasteiger partial charge in [0.05, 0.1) is 22.1 Å². The Morgan fingerprint density at radius 2 is 1.07 bits per heavy atom. The highest BCUT2D eigenvalue weighted by Crippen LogP contribution is 2.65. The number of anilines is 3. The molecule has 3 atom stereocenters. The molecule has 0 saturated heterocycles. The van der Waals surface area contributed by atoms with E-state index >= 15 is 0 Å². The van der Waals surface area contributed by atoms with Crippen LogP contribution >= 0.6 is 0 Å². The molecule has 0 radical (unpaired) electrons. The van der Waals surface area contributed by atoms with Crippen LogP contribution in [0.2, 0.25) is 0 Å². The van der Waals surface area contributed by atoms with E-state index in [2.05, 4.69) is 264 Å². The number of fused-ring (bicyclic) bond motifs is 14. The van der Waals surface area contributed by atoms with Gasteiger partial charge >= 0.3 is 0 Å². The van der Waals surface area contributed by atoms with E-state index in [1.807, 2.05) is 0 Å². The Morgan fingerprint density at radius 3 is 1.94 bits per heavy atom. The molecule has 314 valence electrons. The van der Waals surface area contributed by atoms with Crippen LogP contribution in [0.25, 0.3) is 71.6 Å². The van der Waals surface area contributed by atoms with Gasteiger partial charge in [-0.2, -0.15) is 0 Å². The number of hydrogen-bond acceptors (Lipinski definition) is 1. The first-order valence-electron chi connectivity index (χ1n) is 23.5. The van der Waals surface area contributed by atoms with Crippen LogP contribution in [0.3, 0.4) is 0 Å². The summed E-state index contributed by atoms with van der Waals surface area (Å²) in [5.74, 6) is 0.537. The molecule has 2 heteroatoms. The Kier molecular flexibility index (Phi) is 8.36. The van der Waals surface area contributed by atoms with Gasteiger partial charge in [0.2, 0.25) is 0 Å². The summed E-state index contributed by atoms with van der Waals surface area (Å²) in [5.41, 5.74) is 19.7. The van der Waals surface area contributed by atoms with E-state index in [1.165, 1.54) is 88.2 Å². The Morgan fingerprint density at radius 1 is 0.418 bits per heavy atom. The SMILES string of the molecule is C1=CC2c3ccccc3C3(c4ccccc4-c4ccc(N(c5ccc(-c6ccc7ccccc7c6-c6ccccc6)cc5)c5cccc6c5c5ccccc5n6-c5ccccc5)cc43)C2C=C1. The van der Waals surface area contributed by atoms with Crippen molar-refractivity contribution in [2.24, 2.45) is 5.92 Å². The number of benzene rings is 10. The standard InChI is InChI=1S/C65H44N2/c1-3-19-45(20-4-1)63-49-23-8-7-18-43(49)36-40-50(63)44-34-37-47(38-35-44)66(61-32-17-33-62-64(61)55-27-12-16-31-60(55)67(62)46-21-5-2-6-22-46)48-39-41-54-53-26-11-15-30-58(53)65(59(54)42-48)56-28-13-9-24-51(56)52-25-10-14-29-57(52)65/h1-42,51,56H. The van der Waals surface area contributed by atoms with Gasteiger partial charge in [0.1, 0.15) is 0 Å². The average Bonchev–Trinajstić information content (AvgIpc) is 4.01. The third kappa shape index (κ3) is 5.45. The van der Waals surface area contributed by atoms with Crippen molar-refractivity contribution in [3.05, 3.63) is 277 Å². The van der Waals surface area contributed by atoms with Gasteiger partial charge in [-0.3, -0.25) is 0 Å². The molecule has 3 aliphatic carbocycles. The van der Waals surface area contributed by atoms with Crippen LogP contribution in [-0.2, 0) is 5.41 Å². The molecule has 2 nitrogen and oxygen atoms in total. The Hall–Kier alpha value is -8.46. The third-order valence-corrected chi connectivity index (χ3v) is 15.1. The van der Waals surface area contributed by atoms with Crippen molar-refractivity contribution in [1.82, 2.24) is 4.57 Å². The van der Waals surface area contributed by atoms with Crippen LogP contribution in [0, 0.1) is 5.92 Å². The smallest absolute Gasteiger partial charge is 0.0562 e. The summed E-state index contributed by atoms with van der Waals surface area (Å²) in [4.78, 5) is 2.53. The molecular weight excluding hydrogens is 809 g/mol. The number of rotatable bonds is 6. The van der Waals surface area contributed by atoms with Crippen molar-refractivity contribution in [2.75, 3.05) is 4.90 Å². The lowest BCUT2D eigenvalue weighted by Gasteiger charge is -2.37. The molecule has 1 spiro atoms. The van der Waals surface area contributed by atoms with Gasteiger partial charge in [0.25, 0.3) is 0 Å². The van der Waals surface area contributed by atoms with Crippen LogP contribution in [0.15, 0.2) is 255 Å². The Balaban J connectivity index is 1.02. The van der Waals surface area contributed by atoms with E-state index in [1.54, 1.807) is 0 Å². The Bertz CT molecular complexity index is 3820. The van der Waals surface area contributed by atoms with Crippen LogP contribution in [0.4, 0.5) is 17.1 Å². The van der Waals surface area contributed by atoms with Crippen LogP contribution in [0.1, 0.15) is 28.2 Å². The lowest BCUT2D eigenvalue weighted by molar-refractivity contribution is 0.465. The monoisotopic (exact) mass is 852 g/mol. The summed E-state index contributed by atoms with van der Waals surface area (Å²) in [7, 11) is 0. The van der Waals surface area contributed by atoms with Crippen LogP contribution < -0.4 is 4.90 Å². The topological polar surface area (TPSA) is 8.17 Å². The van der Waals surface area contributed by atoms with Crippen LogP contribution in [-0.4, -0.2) is 4.57 Å². The summed E-state index contributed by atoms with van der Waals surface area (Å²) in [6.07, 6.45) is 9.43. The third-order valence-electron chi connectivity index (χ3n) is 15.1. The first-order valence-corrected chi connectivity index (χ1v) is 23.5. The molecule has 3 aliphatic rings. The van der Waals surface area contributed by atoms with Gasteiger partial charge in [0, 0.05) is 39.7 Å². The molecule has 67 heavy (non-hydrogen) atoms. The molecule has 1 aromatic heterocycles. The van der Waals surface area contributed by atoms with E-state index in [9.17, 15) is 0 Å². The van der Waals surface area contributed by atoms with Gasteiger partial charge in [-0.25, -0.2) is 0 Å². The minimum Gasteiger partial charge on any atom is -0.310 e. The molecule has 0 fully saturated rings. The highest BCUT2D eigenvalue weighted by Gasteiger charge is 2.57. The maximum Gasteiger partial charge on any atom is 0.0562 e. The summed E-state index contributed by atoms with van der Waals surface area (Å²) >= 11 is 0. The van der Waals surface area contributed by atoms with Crippen molar-refractivity contribution in [2.45, 2.75) is 11.3 Å². The molecule has 3 unspecified atom stereocenters. The summed E-state index contributed by atoms with van der Waals surface area (Å²) in [5, 5.41) is 4.93. The van der Waals surface area contributed by atoms with Crippen molar-refractivity contribution < 1.29 is 0 Å². The van der Waals surface area contributed by atoms with Gasteiger partial charge in [-0.1, -0.05) is 200 Å². The molecule has 14 rings (SSSR count). The van der Waals surface area contributed by atoms with E-state index in [4.69, 9.17) is 0 Å². The maximum atomic E-state index is 2.54. The molecule has 0 saturated carbocycles. The first-order chi connectivity index (χ1) is 33.3. The lowest BCUT2D eigenvalue weighted by Crippen LogP contribution is -2.33. The second-order valence-electron chi connectivity index (χ2n) is 18.3. The van der Waals surface area contributed by atoms with E-state index in [-0.39, 0.29) is 11.3 Å². The maximum absolute atomic E-state index is 2.54. The first kappa shape index (κ1) is 37.9. The van der Waals surface area contributed by atoms with Crippen molar-refractivity contribution in [3.63, 3.8) is 0 Å². The zero-order valence-electron chi connectivity index (χ0n) is 36.8. The molecule has 0 N–H and O–H groups in total. The number of allylic oxidation sites excluding steroid dienone is 4. The highest BCUT2D eigenvalue weighted by atomic mass is 15.1. The molecule has 0 amide bonds. The molecule has 0 aliphatic heterocycles. The predicted molar refractivity (Wildman–Crippen MR) is 280 cm³/mol. The summed E-state index contributed by atoms with van der Waals surface area (Å²) < 4.78 is 2.42. The summed E-state index contributed by atoms with van der Waals surface area (Å²) in [6.45, 7) is 0. The van der Waals surface area contributed by atoms with Gasteiger partial charge in [0.15, 0.2) is 0 Å². The van der Waals surface area contributed by atoms with Crippen molar-refractivity contribution >= 4 is 49.6 Å². The Labute approximate surface area is 390 Å². The second-order valence-corrected chi connectivity index (χ2v) is 18.3. The number of aromatic nitrogens is 1. The fraction of sp³-hybridized carbons (Fsp3) is 0.0462. The van der Waals surface area contributed by atoms with Crippen LogP contribution in [0.5, 0.6) is 0 Å². The largest absolute Gasteiger partial charge is 0.310 e. The number of nitrogens with zero attached hydrogens (tertiary/aromatic N) is 2. The van der Waals surface area contributed by atoms with Gasteiger partial charge in [-0.05, 0) is 121 Å². The van der Waals surface area contributed by atoms with Crippen molar-refractivity contribution in [3.8, 4) is 39.1 Å². The average molecular weight is 853 g/mol. The predicted octanol–water partition coefficient (Wildman–Crippen LogP) is 16.9. The quantitative estimate of drug-likeness (QED) is 0.162. The zero-order chi connectivity index (χ0) is 44.1. The fourth-order valence-corrected chi connectivity index (χ4v) is 12.4.